The van der Waals surface area contributed by atoms with E-state index in [9.17, 15) is 0 Å². The Morgan fingerprint density at radius 3 is 2.21 bits per heavy atom. The zero-order valence-corrected chi connectivity index (χ0v) is 32.1. The Kier molecular flexibility index (Phi) is 6.87. The fourth-order valence-corrected chi connectivity index (χ4v) is 10.2. The van der Waals surface area contributed by atoms with Gasteiger partial charge in [0.05, 0.1) is 22.2 Å². The maximum absolute atomic E-state index is 5.22. The first-order valence-electron chi connectivity index (χ1n) is 20.2. The average molecular weight is 730 g/mol. The monoisotopic (exact) mass is 729 g/mol. The summed E-state index contributed by atoms with van der Waals surface area (Å²) in [5.74, 6) is 0.751. The Labute approximate surface area is 332 Å². The lowest BCUT2D eigenvalue weighted by Gasteiger charge is -2.23. The van der Waals surface area contributed by atoms with E-state index in [2.05, 4.69) is 182 Å². The van der Waals surface area contributed by atoms with Crippen LogP contribution in [0.4, 0.5) is 0 Å². The molecule has 0 saturated heterocycles. The van der Waals surface area contributed by atoms with Gasteiger partial charge in [-0.3, -0.25) is 0 Å². The molecule has 7 aromatic carbocycles. The van der Waals surface area contributed by atoms with Crippen molar-refractivity contribution in [3.63, 3.8) is 0 Å². The number of rotatable bonds is 3. The molecule has 2 aromatic heterocycles. The van der Waals surface area contributed by atoms with Gasteiger partial charge in [0, 0.05) is 38.4 Å². The van der Waals surface area contributed by atoms with Gasteiger partial charge >= 0.3 is 0 Å². The Morgan fingerprint density at radius 2 is 1.32 bits per heavy atom. The highest BCUT2D eigenvalue weighted by Gasteiger charge is 2.36. The maximum Gasteiger partial charge on any atom is 0.160 e. The van der Waals surface area contributed by atoms with Crippen molar-refractivity contribution in [3.05, 3.63) is 192 Å². The summed E-state index contributed by atoms with van der Waals surface area (Å²) in [6, 6.07) is 51.2. The van der Waals surface area contributed by atoms with Gasteiger partial charge in [-0.05, 0) is 111 Å². The van der Waals surface area contributed by atoms with E-state index in [0.29, 0.717) is 0 Å². The minimum atomic E-state index is -0.230. The topological polar surface area (TPSA) is 30.7 Å². The summed E-state index contributed by atoms with van der Waals surface area (Å²) in [4.78, 5) is 10.3. The number of allylic oxidation sites excluding steroid dienone is 6. The van der Waals surface area contributed by atoms with Gasteiger partial charge in [-0.2, -0.15) is 0 Å². The van der Waals surface area contributed by atoms with Gasteiger partial charge < -0.3 is 4.57 Å². The van der Waals surface area contributed by atoms with Gasteiger partial charge in [0.1, 0.15) is 0 Å². The molecule has 3 nitrogen and oxygen atoms in total. The van der Waals surface area contributed by atoms with Gasteiger partial charge in [0.2, 0.25) is 0 Å². The molecule has 0 aliphatic heterocycles. The number of nitrogens with zero attached hydrogens (tertiary/aromatic N) is 3. The zero-order chi connectivity index (χ0) is 37.8. The van der Waals surface area contributed by atoms with Crippen LogP contribution in [0.2, 0.25) is 0 Å². The van der Waals surface area contributed by atoms with E-state index in [-0.39, 0.29) is 5.41 Å². The van der Waals surface area contributed by atoms with Crippen LogP contribution in [0.3, 0.4) is 0 Å². The van der Waals surface area contributed by atoms with E-state index in [1.54, 1.807) is 0 Å². The van der Waals surface area contributed by atoms with Crippen LogP contribution in [0.15, 0.2) is 169 Å². The van der Waals surface area contributed by atoms with Crippen LogP contribution in [0.5, 0.6) is 0 Å². The number of benzene rings is 7. The van der Waals surface area contributed by atoms with E-state index in [0.717, 1.165) is 52.8 Å². The first kappa shape index (κ1) is 32.4. The molecular formula is C54H39N3. The van der Waals surface area contributed by atoms with Gasteiger partial charge in [0.25, 0.3) is 0 Å². The van der Waals surface area contributed by atoms with Crippen molar-refractivity contribution in [3.8, 4) is 39.5 Å². The molecule has 2 heterocycles. The quantitative estimate of drug-likeness (QED) is 0.181. The van der Waals surface area contributed by atoms with Crippen molar-refractivity contribution in [2.75, 3.05) is 0 Å². The highest BCUT2D eigenvalue weighted by molar-refractivity contribution is 6.23. The number of hydrogen-bond donors (Lipinski definition) is 0. The lowest BCUT2D eigenvalue weighted by molar-refractivity contribution is 0.660. The molecule has 57 heavy (non-hydrogen) atoms. The minimum Gasteiger partial charge on any atom is -0.309 e. The summed E-state index contributed by atoms with van der Waals surface area (Å²) in [5, 5.41) is 6.35. The van der Waals surface area contributed by atoms with Gasteiger partial charge in [-0.25, -0.2) is 9.97 Å². The van der Waals surface area contributed by atoms with Crippen molar-refractivity contribution in [1.29, 1.82) is 0 Å². The molecule has 0 saturated carbocycles. The van der Waals surface area contributed by atoms with Crippen LogP contribution < -0.4 is 0 Å². The molecule has 0 N–H and O–H groups in total. The second-order valence-corrected chi connectivity index (χ2v) is 16.4. The van der Waals surface area contributed by atoms with Gasteiger partial charge in [-0.15, -0.1) is 0 Å². The molecule has 0 radical (unpaired) electrons. The van der Waals surface area contributed by atoms with E-state index < -0.39 is 0 Å². The lowest BCUT2D eigenvalue weighted by atomic mass is 9.81. The van der Waals surface area contributed by atoms with E-state index in [1.165, 1.54) is 82.8 Å². The van der Waals surface area contributed by atoms with Crippen LogP contribution in [-0.2, 0) is 11.8 Å². The Morgan fingerprint density at radius 1 is 0.561 bits per heavy atom. The highest BCUT2D eigenvalue weighted by atomic mass is 15.0. The third kappa shape index (κ3) is 4.72. The smallest absolute Gasteiger partial charge is 0.160 e. The summed E-state index contributed by atoms with van der Waals surface area (Å²) < 4.78 is 2.49. The third-order valence-electron chi connectivity index (χ3n) is 12.9. The minimum absolute atomic E-state index is 0.230. The molecule has 3 aliphatic carbocycles. The van der Waals surface area contributed by atoms with Crippen molar-refractivity contribution < 1.29 is 0 Å². The predicted molar refractivity (Wildman–Crippen MR) is 238 cm³/mol. The molecule has 0 fully saturated rings. The molecule has 0 bridgehead atoms. The molecule has 270 valence electrons. The fourth-order valence-electron chi connectivity index (χ4n) is 10.2. The number of fused-ring (bicyclic) bond motifs is 12. The van der Waals surface area contributed by atoms with Crippen molar-refractivity contribution in [1.82, 2.24) is 14.5 Å². The Bertz CT molecular complexity index is 3280. The third-order valence-corrected chi connectivity index (χ3v) is 12.9. The van der Waals surface area contributed by atoms with Crippen LogP contribution in [0, 0.1) is 0 Å². The standard InChI is InChI=1S/C54H39N3/c1-54(2)45-31-36(53-55-47-19-11-9-17-43(47)52(56-53)35-14-6-3-7-15-35)24-26-39(45)40-28-25-37(32-46(40)54)57-48-20-12-10-18-44(48)51-42-27-23-34-22-21-33-13-5-4-8-16-38(33)50(34)41(42)29-30-49(51)57/h3,5-20,23-32H,4,21-22H2,1-2H3. The Hall–Kier alpha value is -6.84. The molecule has 0 spiro atoms. The van der Waals surface area contributed by atoms with Crippen LogP contribution >= 0.6 is 0 Å². The van der Waals surface area contributed by atoms with E-state index in [1.807, 2.05) is 0 Å². The highest BCUT2D eigenvalue weighted by Crippen LogP contribution is 2.51. The SMILES string of the molecule is CC1(C)c2cc(-c3nc(-c4ccccc4)c4ccccc4n3)ccc2-c2ccc(-n3c4ccccc4c4c5ccc6c(c5ccc43)C3=C(C=CCC=C3)CC6)cc21. The normalized spacial score (nSPS) is 15.3. The summed E-state index contributed by atoms with van der Waals surface area (Å²) in [7, 11) is 0. The largest absolute Gasteiger partial charge is 0.309 e. The summed E-state index contributed by atoms with van der Waals surface area (Å²) in [6.07, 6.45) is 12.5. The van der Waals surface area contributed by atoms with Crippen molar-refractivity contribution in [2.24, 2.45) is 0 Å². The lowest BCUT2D eigenvalue weighted by Crippen LogP contribution is -2.15. The van der Waals surface area contributed by atoms with Crippen molar-refractivity contribution in [2.45, 2.75) is 38.5 Å². The number of para-hydroxylation sites is 2. The first-order chi connectivity index (χ1) is 28.0. The molecule has 12 rings (SSSR count). The number of aromatic nitrogens is 3. The number of hydrogen-bond acceptors (Lipinski definition) is 2. The summed E-state index contributed by atoms with van der Waals surface area (Å²) >= 11 is 0. The zero-order valence-electron chi connectivity index (χ0n) is 32.1. The van der Waals surface area contributed by atoms with Crippen molar-refractivity contribution >= 4 is 49.1 Å². The van der Waals surface area contributed by atoms with Gasteiger partial charge in [-0.1, -0.05) is 141 Å². The molecular weight excluding hydrogens is 691 g/mol. The first-order valence-corrected chi connectivity index (χ1v) is 20.2. The fraction of sp³-hybridized carbons (Fsp3) is 0.111. The molecule has 3 aliphatic rings. The summed E-state index contributed by atoms with van der Waals surface area (Å²) in [6.45, 7) is 4.73. The van der Waals surface area contributed by atoms with Crippen LogP contribution in [0.25, 0.3) is 88.5 Å². The van der Waals surface area contributed by atoms with E-state index >= 15 is 0 Å². The summed E-state index contributed by atoms with van der Waals surface area (Å²) in [5.41, 5.74) is 18.4. The molecule has 0 unspecified atom stereocenters. The van der Waals surface area contributed by atoms with Crippen LogP contribution in [0.1, 0.15) is 48.9 Å². The van der Waals surface area contributed by atoms with E-state index in [4.69, 9.17) is 9.97 Å². The maximum atomic E-state index is 5.22. The van der Waals surface area contributed by atoms with Gasteiger partial charge in [0.15, 0.2) is 5.82 Å². The second kappa shape index (κ2) is 12.1. The second-order valence-electron chi connectivity index (χ2n) is 16.4. The number of aryl methyl sites for hydroxylation is 1. The van der Waals surface area contributed by atoms with Crippen LogP contribution in [-0.4, -0.2) is 14.5 Å². The average Bonchev–Trinajstić information content (AvgIpc) is 3.56. The predicted octanol–water partition coefficient (Wildman–Crippen LogP) is 13.7. The Balaban J connectivity index is 1.00. The molecule has 0 amide bonds. The molecule has 0 atom stereocenters. The molecule has 3 heteroatoms. The molecule has 9 aromatic rings.